The van der Waals surface area contributed by atoms with Crippen LogP contribution < -0.4 is 0 Å². The Kier molecular flexibility index (Phi) is 5.86. The first-order valence-corrected chi connectivity index (χ1v) is 11.4. The van der Waals surface area contributed by atoms with E-state index in [-0.39, 0.29) is 6.61 Å². The van der Waals surface area contributed by atoms with Gasteiger partial charge in [-0.25, -0.2) is 4.79 Å². The zero-order chi connectivity index (χ0) is 22.9. The van der Waals surface area contributed by atoms with Gasteiger partial charge in [-0.15, -0.1) is 0 Å². The minimum Gasteiger partial charge on any atom is -0.459 e. The molecule has 0 aliphatic carbocycles. The Bertz CT molecular complexity index is 1110. The highest BCUT2D eigenvalue weighted by atomic mass is 16.8. The van der Waals surface area contributed by atoms with Crippen LogP contribution in [0, 0.1) is 0 Å². The Morgan fingerprint density at radius 2 is 1.18 bits per heavy atom. The Morgan fingerprint density at radius 1 is 0.618 bits per heavy atom. The van der Waals surface area contributed by atoms with Crippen molar-refractivity contribution < 1.29 is 33.2 Å². The highest BCUT2D eigenvalue weighted by Crippen LogP contribution is 2.45. The van der Waals surface area contributed by atoms with Gasteiger partial charge in [-0.05, 0) is 12.1 Å². The summed E-state index contributed by atoms with van der Waals surface area (Å²) in [4.78, 5) is 12.5. The molecule has 0 bridgehead atoms. The molecule has 174 valence electrons. The average Bonchev–Trinajstić information content (AvgIpc) is 3.47. The van der Waals surface area contributed by atoms with Gasteiger partial charge >= 0.3 is 5.97 Å². The topological polar surface area (TPSA) is 72.5 Å². The first-order valence-electron chi connectivity index (χ1n) is 11.4. The number of benzene rings is 3. The molecular weight excluding hydrogens is 436 g/mol. The summed E-state index contributed by atoms with van der Waals surface area (Å²) in [5, 5.41) is 0. The second kappa shape index (κ2) is 9.29. The van der Waals surface area contributed by atoms with Gasteiger partial charge in [0.1, 0.15) is 31.0 Å². The lowest BCUT2D eigenvalue weighted by atomic mass is 10.0. The van der Waals surface area contributed by atoms with Gasteiger partial charge in [-0.3, -0.25) is 0 Å². The highest BCUT2D eigenvalue weighted by Gasteiger charge is 2.58. The fraction of sp³-hybridized carbons (Fsp3) is 0.296. The number of ether oxygens (including phenoxy) is 6. The monoisotopic (exact) mass is 460 g/mol. The summed E-state index contributed by atoms with van der Waals surface area (Å²) in [6.45, 7) is 0.0170. The molecule has 34 heavy (non-hydrogen) atoms. The number of hydrogen-bond donors (Lipinski definition) is 0. The molecule has 2 unspecified atom stereocenters. The second-order valence-corrected chi connectivity index (χ2v) is 8.43. The van der Waals surface area contributed by atoms with E-state index in [1.807, 2.05) is 66.7 Å². The first kappa shape index (κ1) is 21.5. The SMILES string of the molecule is O=C(OC[C@H]1OC(c2ccccc2)O[C@@H]2[C@H]3OC(c4ccccc4)O[C@H]3O[C@@H]21)c1ccccc1. The van der Waals surface area contributed by atoms with E-state index in [0.717, 1.165) is 11.1 Å². The first-order chi connectivity index (χ1) is 16.8. The lowest BCUT2D eigenvalue weighted by molar-refractivity contribution is -0.305. The van der Waals surface area contributed by atoms with Crippen LogP contribution in [-0.2, 0) is 28.4 Å². The average molecular weight is 460 g/mol. The number of fused-ring (bicyclic) bond motifs is 3. The Hall–Kier alpha value is -3.07. The van der Waals surface area contributed by atoms with Crippen LogP contribution in [0.15, 0.2) is 91.0 Å². The maximum atomic E-state index is 12.5. The van der Waals surface area contributed by atoms with Gasteiger partial charge in [-0.1, -0.05) is 78.9 Å². The van der Waals surface area contributed by atoms with Crippen LogP contribution in [0.5, 0.6) is 0 Å². The van der Waals surface area contributed by atoms with Crippen LogP contribution in [0.3, 0.4) is 0 Å². The summed E-state index contributed by atoms with van der Waals surface area (Å²) in [6, 6.07) is 28.2. The third kappa shape index (κ3) is 4.13. The van der Waals surface area contributed by atoms with Crippen LogP contribution in [0.1, 0.15) is 34.1 Å². The molecule has 0 saturated carbocycles. The third-order valence-electron chi connectivity index (χ3n) is 6.22. The Morgan fingerprint density at radius 3 is 1.82 bits per heavy atom. The molecular formula is C27H24O7. The second-order valence-electron chi connectivity index (χ2n) is 8.43. The molecule has 0 radical (unpaired) electrons. The summed E-state index contributed by atoms with van der Waals surface area (Å²) in [5.41, 5.74) is 2.26. The van der Waals surface area contributed by atoms with Crippen molar-refractivity contribution in [2.75, 3.05) is 6.61 Å². The molecule has 0 amide bonds. The van der Waals surface area contributed by atoms with Gasteiger partial charge in [-0.2, -0.15) is 0 Å². The van der Waals surface area contributed by atoms with Crippen molar-refractivity contribution >= 4 is 5.97 Å². The van der Waals surface area contributed by atoms with Gasteiger partial charge in [0.2, 0.25) is 0 Å². The normalized spacial score (nSPS) is 32.1. The molecule has 3 aliphatic heterocycles. The molecule has 3 heterocycles. The number of esters is 1. The summed E-state index contributed by atoms with van der Waals surface area (Å²) in [7, 11) is 0. The maximum absolute atomic E-state index is 12.5. The minimum atomic E-state index is -0.649. The Balaban J connectivity index is 1.21. The summed E-state index contributed by atoms with van der Waals surface area (Å²) >= 11 is 0. The van der Waals surface area contributed by atoms with Gasteiger partial charge in [0.05, 0.1) is 5.56 Å². The highest BCUT2D eigenvalue weighted by molar-refractivity contribution is 5.89. The lowest BCUT2D eigenvalue weighted by Crippen LogP contribution is -2.50. The predicted octanol–water partition coefficient (Wildman–Crippen LogP) is 4.17. The van der Waals surface area contributed by atoms with E-state index in [9.17, 15) is 4.79 Å². The van der Waals surface area contributed by atoms with E-state index >= 15 is 0 Å². The third-order valence-corrected chi connectivity index (χ3v) is 6.22. The molecule has 7 heteroatoms. The molecule has 3 aromatic carbocycles. The van der Waals surface area contributed by atoms with Crippen molar-refractivity contribution in [3.05, 3.63) is 108 Å². The van der Waals surface area contributed by atoms with Crippen LogP contribution >= 0.6 is 0 Å². The Labute approximate surface area is 197 Å². The zero-order valence-electron chi connectivity index (χ0n) is 18.3. The molecule has 6 rings (SSSR count). The van der Waals surface area contributed by atoms with Crippen LogP contribution in [-0.4, -0.2) is 43.3 Å². The van der Waals surface area contributed by atoms with Crippen LogP contribution in [0.4, 0.5) is 0 Å². The standard InChI is InChI=1S/C27H24O7/c28-24(17-10-4-1-5-11-17)29-16-20-21-22(32-25(30-20)18-12-6-2-7-13-18)23-27(31-21)34-26(33-23)19-14-8-3-9-15-19/h1-15,20-23,25-27H,16H2/t20-,21-,22+,23-,25?,26?,27-/m1/s1. The van der Waals surface area contributed by atoms with Crippen molar-refractivity contribution in [1.29, 1.82) is 0 Å². The molecule has 0 aromatic heterocycles. The van der Waals surface area contributed by atoms with Crippen molar-refractivity contribution in [2.24, 2.45) is 0 Å². The van der Waals surface area contributed by atoms with E-state index in [1.54, 1.807) is 24.3 Å². The lowest BCUT2D eigenvalue weighted by Gasteiger charge is -2.39. The van der Waals surface area contributed by atoms with Crippen molar-refractivity contribution in [2.45, 2.75) is 43.3 Å². The van der Waals surface area contributed by atoms with Crippen molar-refractivity contribution in [1.82, 2.24) is 0 Å². The largest absolute Gasteiger partial charge is 0.459 e. The number of carbonyl (C=O) groups is 1. The van der Waals surface area contributed by atoms with Crippen molar-refractivity contribution in [3.8, 4) is 0 Å². The molecule has 0 N–H and O–H groups in total. The quantitative estimate of drug-likeness (QED) is 0.530. The molecule has 0 spiro atoms. The predicted molar refractivity (Wildman–Crippen MR) is 119 cm³/mol. The smallest absolute Gasteiger partial charge is 0.338 e. The summed E-state index contributed by atoms with van der Waals surface area (Å²) < 4.78 is 36.6. The zero-order valence-corrected chi connectivity index (χ0v) is 18.3. The van der Waals surface area contributed by atoms with Crippen molar-refractivity contribution in [3.63, 3.8) is 0 Å². The fourth-order valence-electron chi connectivity index (χ4n) is 4.55. The molecule has 3 aliphatic rings. The molecule has 3 aromatic rings. The van der Waals surface area contributed by atoms with Gasteiger partial charge in [0.15, 0.2) is 18.9 Å². The molecule has 3 saturated heterocycles. The van der Waals surface area contributed by atoms with Gasteiger partial charge < -0.3 is 28.4 Å². The minimum absolute atomic E-state index is 0.0170. The summed E-state index contributed by atoms with van der Waals surface area (Å²) in [6.07, 6.45) is -3.72. The molecule has 3 fully saturated rings. The van der Waals surface area contributed by atoms with Crippen LogP contribution in [0.25, 0.3) is 0 Å². The van der Waals surface area contributed by atoms with E-state index in [2.05, 4.69) is 0 Å². The molecule has 7 nitrogen and oxygen atoms in total. The number of hydrogen-bond acceptors (Lipinski definition) is 7. The van der Waals surface area contributed by atoms with Gasteiger partial charge in [0, 0.05) is 11.1 Å². The maximum Gasteiger partial charge on any atom is 0.338 e. The number of rotatable bonds is 5. The summed E-state index contributed by atoms with van der Waals surface area (Å²) in [5.74, 6) is -0.418. The van der Waals surface area contributed by atoms with E-state index in [1.165, 1.54) is 0 Å². The van der Waals surface area contributed by atoms with E-state index in [0.29, 0.717) is 5.56 Å². The van der Waals surface area contributed by atoms with Gasteiger partial charge in [0.25, 0.3) is 0 Å². The van der Waals surface area contributed by atoms with Crippen LogP contribution in [0.2, 0.25) is 0 Å². The fourth-order valence-corrected chi connectivity index (χ4v) is 4.55. The van der Waals surface area contributed by atoms with E-state index < -0.39 is 49.3 Å². The number of carbonyl (C=O) groups excluding carboxylic acids is 1. The van der Waals surface area contributed by atoms with E-state index in [4.69, 9.17) is 28.4 Å². The molecule has 7 atom stereocenters.